The molecule has 0 aromatic heterocycles. The minimum Gasteiger partial charge on any atom is -0.661 e. The molecule has 0 aromatic rings. The Hall–Kier alpha value is 1.77. The summed E-state index contributed by atoms with van der Waals surface area (Å²) in [6.07, 6.45) is 4.35. The molecular formula is C8H14NRb. The van der Waals surface area contributed by atoms with Crippen molar-refractivity contribution in [2.75, 3.05) is 13.1 Å². The molecule has 1 nitrogen and oxygen atoms in total. The Balaban J connectivity index is 0.000000500. The van der Waals surface area contributed by atoms with Crippen molar-refractivity contribution in [2.24, 2.45) is 11.3 Å². The van der Waals surface area contributed by atoms with Gasteiger partial charge in [-0.2, -0.15) is 0 Å². The van der Waals surface area contributed by atoms with Crippen LogP contribution >= 0.6 is 0 Å². The molecule has 0 N–H and O–H groups in total. The molecule has 2 heteroatoms. The largest absolute Gasteiger partial charge is 1.00 e. The third-order valence-corrected chi connectivity index (χ3v) is 2.92. The van der Waals surface area contributed by atoms with Crippen LogP contribution in [0.3, 0.4) is 0 Å². The maximum atomic E-state index is 4.26. The first-order valence-corrected chi connectivity index (χ1v) is 3.98. The second kappa shape index (κ2) is 3.65. The molecule has 52 valence electrons. The molecule has 1 aliphatic heterocycles. The van der Waals surface area contributed by atoms with Gasteiger partial charge in [-0.25, -0.2) is 0 Å². The third-order valence-electron chi connectivity index (χ3n) is 2.92. The van der Waals surface area contributed by atoms with Gasteiger partial charge in [0.2, 0.25) is 0 Å². The molecule has 0 amide bonds. The molecule has 2 aliphatic rings. The Morgan fingerprint density at radius 1 is 1.40 bits per heavy atom. The summed E-state index contributed by atoms with van der Waals surface area (Å²) in [4.78, 5) is 0. The van der Waals surface area contributed by atoms with Crippen LogP contribution in [0.2, 0.25) is 0 Å². The molecular weight excluding hydrogens is 196 g/mol. The molecule has 2 rings (SSSR count). The smallest absolute Gasteiger partial charge is 0.661 e. The summed E-state index contributed by atoms with van der Waals surface area (Å²) in [6.45, 7) is 4.67. The summed E-state index contributed by atoms with van der Waals surface area (Å²) in [5.41, 5.74) is 0.751. The van der Waals surface area contributed by atoms with E-state index in [1.54, 1.807) is 0 Å². The zero-order chi connectivity index (χ0) is 6.32. The molecule has 1 saturated carbocycles. The predicted molar refractivity (Wildman–Crippen MR) is 38.5 cm³/mol. The second-order valence-electron chi connectivity index (χ2n) is 3.72. The molecule has 0 radical (unpaired) electrons. The van der Waals surface area contributed by atoms with Gasteiger partial charge in [-0.05, 0) is 18.8 Å². The van der Waals surface area contributed by atoms with Crippen molar-refractivity contribution in [3.8, 4) is 0 Å². The van der Waals surface area contributed by atoms with Gasteiger partial charge >= 0.3 is 58.2 Å². The molecule has 10 heavy (non-hydrogen) atoms. The van der Waals surface area contributed by atoms with Gasteiger partial charge in [-0.1, -0.05) is 18.8 Å². The van der Waals surface area contributed by atoms with Gasteiger partial charge in [0.05, 0.1) is 0 Å². The van der Waals surface area contributed by atoms with Crippen LogP contribution in [0.4, 0.5) is 0 Å². The Morgan fingerprint density at radius 3 is 2.30 bits per heavy atom. The van der Waals surface area contributed by atoms with Gasteiger partial charge < -0.3 is 5.32 Å². The maximum Gasteiger partial charge on any atom is 1.00 e. The van der Waals surface area contributed by atoms with Crippen molar-refractivity contribution in [3.05, 3.63) is 5.32 Å². The molecule has 1 saturated heterocycles. The van der Waals surface area contributed by atoms with Crippen molar-refractivity contribution in [3.63, 3.8) is 0 Å². The first-order chi connectivity index (χ1) is 4.35. The van der Waals surface area contributed by atoms with Crippen LogP contribution in [0, 0.1) is 11.3 Å². The number of rotatable bonds is 1. The monoisotopic (exact) mass is 209 g/mol. The Bertz CT molecular complexity index is 112. The summed E-state index contributed by atoms with van der Waals surface area (Å²) >= 11 is 0. The van der Waals surface area contributed by atoms with E-state index < -0.39 is 0 Å². The van der Waals surface area contributed by atoms with Gasteiger partial charge in [0.15, 0.2) is 0 Å². The van der Waals surface area contributed by atoms with Crippen LogP contribution in [-0.2, 0) is 0 Å². The van der Waals surface area contributed by atoms with Crippen LogP contribution in [0.1, 0.15) is 26.2 Å². The van der Waals surface area contributed by atoms with Crippen LogP contribution in [0.25, 0.3) is 5.32 Å². The minimum absolute atomic E-state index is 0. The zero-order valence-electron chi connectivity index (χ0n) is 7.06. The summed E-state index contributed by atoms with van der Waals surface area (Å²) < 4.78 is 0. The summed E-state index contributed by atoms with van der Waals surface area (Å²) in [5.74, 6) is 1.06. The van der Waals surface area contributed by atoms with Crippen molar-refractivity contribution in [1.29, 1.82) is 0 Å². The van der Waals surface area contributed by atoms with Crippen LogP contribution in [-0.4, -0.2) is 13.1 Å². The average Bonchev–Trinajstić information content (AvgIpc) is 1.59. The summed E-state index contributed by atoms with van der Waals surface area (Å²) in [7, 11) is 0. The number of nitrogens with zero attached hydrogens (tertiary/aromatic N) is 1. The topological polar surface area (TPSA) is 14.1 Å². The van der Waals surface area contributed by atoms with E-state index in [4.69, 9.17) is 0 Å². The van der Waals surface area contributed by atoms with E-state index in [-0.39, 0.29) is 58.2 Å². The van der Waals surface area contributed by atoms with E-state index >= 15 is 0 Å². The second-order valence-corrected chi connectivity index (χ2v) is 3.72. The summed E-state index contributed by atoms with van der Waals surface area (Å²) in [5, 5.41) is 4.26. The first-order valence-electron chi connectivity index (χ1n) is 3.98. The predicted octanol–water partition coefficient (Wildman–Crippen LogP) is -0.816. The van der Waals surface area contributed by atoms with E-state index in [2.05, 4.69) is 12.2 Å². The molecule has 1 aliphatic carbocycles. The van der Waals surface area contributed by atoms with E-state index in [1.807, 2.05) is 0 Å². The van der Waals surface area contributed by atoms with Crippen molar-refractivity contribution in [2.45, 2.75) is 26.2 Å². The van der Waals surface area contributed by atoms with Crippen LogP contribution in [0.5, 0.6) is 0 Å². The fourth-order valence-electron chi connectivity index (χ4n) is 2.14. The van der Waals surface area contributed by atoms with E-state index in [0.717, 1.165) is 11.3 Å². The number of hydrogen-bond donors (Lipinski definition) is 0. The minimum atomic E-state index is 0. The standard InChI is InChI=1S/C8H14N.Rb/c1-2-7-3-8(4-7)5-9-6-8;/h7H,2-6H2,1H3;/q-1;+1. The van der Waals surface area contributed by atoms with Crippen LogP contribution in [0.15, 0.2) is 0 Å². The quantitative estimate of drug-likeness (QED) is 0.536. The van der Waals surface area contributed by atoms with Crippen molar-refractivity contribution < 1.29 is 58.2 Å². The van der Waals surface area contributed by atoms with E-state index in [0.29, 0.717) is 0 Å². The molecule has 0 unspecified atom stereocenters. The fourth-order valence-corrected chi connectivity index (χ4v) is 2.14. The molecule has 2 fully saturated rings. The van der Waals surface area contributed by atoms with Gasteiger partial charge in [-0.15, -0.1) is 13.1 Å². The SMILES string of the molecule is CCC1CC2(C[N-]C2)C1.[Rb+]. The Morgan fingerprint density at radius 2 is 2.00 bits per heavy atom. The maximum absolute atomic E-state index is 4.26. The average molecular weight is 210 g/mol. The van der Waals surface area contributed by atoms with Gasteiger partial charge in [0, 0.05) is 0 Å². The van der Waals surface area contributed by atoms with E-state index in [9.17, 15) is 0 Å². The van der Waals surface area contributed by atoms with Gasteiger partial charge in [0.1, 0.15) is 0 Å². The fraction of sp³-hybridized carbons (Fsp3) is 1.00. The van der Waals surface area contributed by atoms with Gasteiger partial charge in [-0.3, -0.25) is 0 Å². The van der Waals surface area contributed by atoms with Crippen molar-refractivity contribution >= 4 is 0 Å². The van der Waals surface area contributed by atoms with E-state index in [1.165, 1.54) is 32.4 Å². The number of hydrogen-bond acceptors (Lipinski definition) is 0. The van der Waals surface area contributed by atoms with Crippen molar-refractivity contribution in [1.82, 2.24) is 0 Å². The normalized spacial score (nSPS) is 28.5. The summed E-state index contributed by atoms with van der Waals surface area (Å²) in [6, 6.07) is 0. The van der Waals surface area contributed by atoms with Gasteiger partial charge in [0.25, 0.3) is 0 Å². The Kier molecular flexibility index (Phi) is 3.60. The first kappa shape index (κ1) is 9.85. The Labute approximate surface area is 112 Å². The molecule has 0 atom stereocenters. The zero-order valence-corrected chi connectivity index (χ0v) is 12.0. The molecule has 0 bridgehead atoms. The third kappa shape index (κ3) is 1.58. The molecule has 1 heterocycles. The van der Waals surface area contributed by atoms with Crippen LogP contribution < -0.4 is 58.2 Å². The molecule has 1 spiro atoms. The molecule has 0 aromatic carbocycles.